The summed E-state index contributed by atoms with van der Waals surface area (Å²) in [6.07, 6.45) is 3.29. The largest absolute Gasteiger partial charge is 0.496 e. The summed E-state index contributed by atoms with van der Waals surface area (Å²) in [7, 11) is 3.05. The fourth-order valence-corrected chi connectivity index (χ4v) is 2.17. The maximum atomic E-state index is 12.4. The summed E-state index contributed by atoms with van der Waals surface area (Å²) in [5.41, 5.74) is 1.04. The number of benzene rings is 1. The molecule has 114 valence electrons. The number of aromatic nitrogens is 1. The number of hydrogen-bond donors (Lipinski definition) is 0. The molecule has 0 bridgehead atoms. The fraction of sp³-hybridized carbons (Fsp3) is 0.125. The van der Waals surface area contributed by atoms with Crippen molar-refractivity contribution in [3.8, 4) is 22.8 Å². The van der Waals surface area contributed by atoms with Crippen molar-refractivity contribution in [1.29, 1.82) is 0 Å². The van der Waals surface area contributed by atoms with Gasteiger partial charge in [-0.3, -0.25) is 9.78 Å². The molecule has 0 amide bonds. The van der Waals surface area contributed by atoms with Gasteiger partial charge < -0.3 is 13.9 Å². The maximum absolute atomic E-state index is 12.4. The molecule has 0 aliphatic rings. The van der Waals surface area contributed by atoms with Crippen LogP contribution in [0.1, 0.15) is 0 Å². The molecule has 6 heteroatoms. The molecule has 5 nitrogen and oxygen atoms in total. The first-order chi connectivity index (χ1) is 10.2. The number of pyridine rings is 1. The van der Waals surface area contributed by atoms with E-state index in [2.05, 4.69) is 4.98 Å². The number of fused-ring (bicyclic) bond motifs is 1. The van der Waals surface area contributed by atoms with Gasteiger partial charge in [0.15, 0.2) is 5.43 Å². The Morgan fingerprint density at radius 2 is 1.77 bits per heavy atom. The van der Waals surface area contributed by atoms with Crippen LogP contribution in [0.15, 0.2) is 51.9 Å². The second-order valence-corrected chi connectivity index (χ2v) is 4.41. The second kappa shape index (κ2) is 6.49. The van der Waals surface area contributed by atoms with E-state index in [-0.39, 0.29) is 17.8 Å². The van der Waals surface area contributed by atoms with E-state index in [1.165, 1.54) is 13.2 Å². The van der Waals surface area contributed by atoms with Gasteiger partial charge in [-0.2, -0.15) is 0 Å². The molecular weight excluding hydrogens is 306 g/mol. The van der Waals surface area contributed by atoms with Gasteiger partial charge in [0, 0.05) is 36.2 Å². The molecule has 3 rings (SSSR count). The highest BCUT2D eigenvalue weighted by Gasteiger charge is 2.13. The molecule has 0 radical (unpaired) electrons. The minimum Gasteiger partial charge on any atom is -0.496 e. The number of nitrogens with zero attached hydrogens (tertiary/aromatic N) is 1. The Labute approximate surface area is 132 Å². The molecule has 2 aromatic heterocycles. The van der Waals surface area contributed by atoms with Crippen LogP contribution >= 0.6 is 12.4 Å². The van der Waals surface area contributed by atoms with E-state index in [1.54, 1.807) is 43.8 Å². The topological polar surface area (TPSA) is 61.6 Å². The number of halogens is 1. The van der Waals surface area contributed by atoms with Gasteiger partial charge in [-0.25, -0.2) is 0 Å². The molecule has 1 aromatic carbocycles. The highest BCUT2D eigenvalue weighted by Crippen LogP contribution is 2.31. The summed E-state index contributed by atoms with van der Waals surface area (Å²) in [6, 6.07) is 8.34. The lowest BCUT2D eigenvalue weighted by molar-refractivity contribution is 0.396. The molecule has 0 N–H and O–H groups in total. The van der Waals surface area contributed by atoms with Gasteiger partial charge in [-0.1, -0.05) is 0 Å². The summed E-state index contributed by atoms with van der Waals surface area (Å²) in [4.78, 5) is 16.3. The van der Waals surface area contributed by atoms with Gasteiger partial charge in [0.2, 0.25) is 0 Å². The van der Waals surface area contributed by atoms with Crippen LogP contribution in [-0.4, -0.2) is 19.2 Å². The van der Waals surface area contributed by atoms with Gasteiger partial charge in [-0.15, -0.1) is 12.4 Å². The van der Waals surface area contributed by atoms with Crippen LogP contribution in [-0.2, 0) is 0 Å². The zero-order chi connectivity index (χ0) is 14.8. The second-order valence-electron chi connectivity index (χ2n) is 4.41. The van der Waals surface area contributed by atoms with Crippen LogP contribution < -0.4 is 14.9 Å². The van der Waals surface area contributed by atoms with E-state index >= 15 is 0 Å². The van der Waals surface area contributed by atoms with Crippen LogP contribution in [0.3, 0.4) is 0 Å². The zero-order valence-electron chi connectivity index (χ0n) is 12.0. The fourth-order valence-electron chi connectivity index (χ4n) is 2.17. The normalized spacial score (nSPS) is 10.1. The van der Waals surface area contributed by atoms with Crippen molar-refractivity contribution in [3.63, 3.8) is 0 Å². The minimum absolute atomic E-state index is 0. The van der Waals surface area contributed by atoms with Crippen molar-refractivity contribution in [3.05, 3.63) is 52.9 Å². The number of rotatable bonds is 3. The Bertz CT molecular complexity index is 846. The molecule has 22 heavy (non-hydrogen) atoms. The number of ether oxygens (including phenoxy) is 2. The maximum Gasteiger partial charge on any atom is 0.197 e. The van der Waals surface area contributed by atoms with Crippen molar-refractivity contribution in [2.75, 3.05) is 14.2 Å². The highest BCUT2D eigenvalue weighted by molar-refractivity contribution is 5.86. The van der Waals surface area contributed by atoms with Gasteiger partial charge in [0.05, 0.1) is 14.2 Å². The third-order valence-corrected chi connectivity index (χ3v) is 3.19. The van der Waals surface area contributed by atoms with Crippen LogP contribution in [0.25, 0.3) is 22.3 Å². The summed E-state index contributed by atoms with van der Waals surface area (Å²) in [5, 5.41) is 0.399. The molecule has 0 aliphatic carbocycles. The zero-order valence-corrected chi connectivity index (χ0v) is 12.8. The van der Waals surface area contributed by atoms with Gasteiger partial charge >= 0.3 is 0 Å². The van der Waals surface area contributed by atoms with Crippen LogP contribution in [0, 0.1) is 0 Å². The van der Waals surface area contributed by atoms with Crippen molar-refractivity contribution in [2.45, 2.75) is 0 Å². The van der Waals surface area contributed by atoms with Gasteiger partial charge in [0.25, 0.3) is 0 Å². The smallest absolute Gasteiger partial charge is 0.197 e. The number of hydrogen-bond acceptors (Lipinski definition) is 5. The lowest BCUT2D eigenvalue weighted by Crippen LogP contribution is -2.03. The lowest BCUT2D eigenvalue weighted by atomic mass is 10.1. The van der Waals surface area contributed by atoms with Crippen LogP contribution in [0.2, 0.25) is 0 Å². The minimum atomic E-state index is -0.164. The quantitative estimate of drug-likeness (QED) is 0.741. The predicted octanol–water partition coefficient (Wildman–Crippen LogP) is 3.29. The van der Waals surface area contributed by atoms with Gasteiger partial charge in [-0.05, 0) is 12.1 Å². The van der Waals surface area contributed by atoms with E-state index < -0.39 is 0 Å². The highest BCUT2D eigenvalue weighted by atomic mass is 35.5. The Hall–Kier alpha value is -2.53. The third kappa shape index (κ3) is 2.76. The summed E-state index contributed by atoms with van der Waals surface area (Å²) < 4.78 is 16.3. The SMILES string of the molecule is COc1cc(OC)c2c(=O)cc(-c3ccncc3)oc2c1.Cl. The standard InChI is InChI=1S/C16H13NO4.ClH/c1-19-11-7-14(20-2)16-12(18)9-13(21-15(16)8-11)10-3-5-17-6-4-10;/h3-9H,1-2H3;1H. The Morgan fingerprint density at radius 3 is 2.41 bits per heavy atom. The molecule has 0 saturated heterocycles. The van der Waals surface area contributed by atoms with Crippen molar-refractivity contribution in [2.24, 2.45) is 0 Å². The van der Waals surface area contributed by atoms with E-state index in [1.807, 2.05) is 0 Å². The average molecular weight is 320 g/mol. The Balaban J connectivity index is 0.00000176. The molecular formula is C16H14ClNO4. The predicted molar refractivity (Wildman–Crippen MR) is 86.1 cm³/mol. The summed E-state index contributed by atoms with van der Waals surface area (Å²) >= 11 is 0. The van der Waals surface area contributed by atoms with Crippen LogP contribution in [0.4, 0.5) is 0 Å². The molecule has 0 spiro atoms. The average Bonchev–Trinajstić information content (AvgIpc) is 2.54. The van der Waals surface area contributed by atoms with Crippen molar-refractivity contribution < 1.29 is 13.9 Å². The third-order valence-electron chi connectivity index (χ3n) is 3.19. The van der Waals surface area contributed by atoms with E-state index in [0.29, 0.717) is 28.2 Å². The van der Waals surface area contributed by atoms with E-state index in [4.69, 9.17) is 13.9 Å². The molecule has 0 atom stereocenters. The molecule has 3 aromatic rings. The Morgan fingerprint density at radius 1 is 1.05 bits per heavy atom. The first kappa shape index (κ1) is 15.9. The molecule has 0 unspecified atom stereocenters. The number of methoxy groups -OCH3 is 2. The first-order valence-corrected chi connectivity index (χ1v) is 6.33. The van der Waals surface area contributed by atoms with E-state index in [0.717, 1.165) is 5.56 Å². The Kier molecular flexibility index (Phi) is 4.68. The lowest BCUT2D eigenvalue weighted by Gasteiger charge is -2.09. The molecule has 0 fully saturated rings. The molecule has 2 heterocycles. The summed E-state index contributed by atoms with van der Waals surface area (Å²) in [6.45, 7) is 0. The van der Waals surface area contributed by atoms with Crippen molar-refractivity contribution >= 4 is 23.4 Å². The van der Waals surface area contributed by atoms with E-state index in [9.17, 15) is 4.79 Å². The molecule has 0 saturated carbocycles. The van der Waals surface area contributed by atoms with Crippen LogP contribution in [0.5, 0.6) is 11.5 Å². The first-order valence-electron chi connectivity index (χ1n) is 6.33. The van der Waals surface area contributed by atoms with Crippen molar-refractivity contribution in [1.82, 2.24) is 4.98 Å². The monoisotopic (exact) mass is 319 g/mol. The summed E-state index contributed by atoms with van der Waals surface area (Å²) in [5.74, 6) is 1.47. The molecule has 0 aliphatic heterocycles. The van der Waals surface area contributed by atoms with Gasteiger partial charge in [0.1, 0.15) is 28.2 Å².